The van der Waals surface area contributed by atoms with Crippen LogP contribution in [0.15, 0.2) is 22.8 Å². The predicted molar refractivity (Wildman–Crippen MR) is 107 cm³/mol. The second-order valence-electron chi connectivity index (χ2n) is 6.29. The summed E-state index contributed by atoms with van der Waals surface area (Å²) in [6.07, 6.45) is 2.17. The van der Waals surface area contributed by atoms with Gasteiger partial charge in [0, 0.05) is 16.8 Å². The van der Waals surface area contributed by atoms with Crippen LogP contribution in [-0.2, 0) is 11.3 Å². The lowest BCUT2D eigenvalue weighted by molar-refractivity contribution is 0.0698. The summed E-state index contributed by atoms with van der Waals surface area (Å²) < 4.78 is 6.33. The molecular weight excluding hydrogens is 434 g/mol. The Labute approximate surface area is 170 Å². The number of anilines is 3. The summed E-state index contributed by atoms with van der Waals surface area (Å²) in [5, 5.41) is 25.5. The summed E-state index contributed by atoms with van der Waals surface area (Å²) in [5.74, 6) is 0.640. The first kappa shape index (κ1) is 19.8. The van der Waals surface area contributed by atoms with Crippen molar-refractivity contribution in [1.82, 2.24) is 9.97 Å². The van der Waals surface area contributed by atoms with Gasteiger partial charge in [0.05, 0.1) is 37.4 Å². The molecule has 0 amide bonds. The third-order valence-electron chi connectivity index (χ3n) is 4.34. The highest BCUT2D eigenvalue weighted by atomic mass is 79.9. The van der Waals surface area contributed by atoms with Crippen LogP contribution < -0.4 is 10.6 Å². The number of aryl methyl sites for hydroxylation is 1. The van der Waals surface area contributed by atoms with Crippen LogP contribution in [0.5, 0.6) is 0 Å². The first-order valence-electron chi connectivity index (χ1n) is 8.45. The Morgan fingerprint density at radius 2 is 2.30 bits per heavy atom. The standard InChI is InChI=1S/C18H19BrClN5O2/c1-10-4-13(5-12(8-26)16(10)19)23-18-22-7-14(20)17(25-18)24-15-9-27-3-2-11(15)6-21/h4-5,7,11,15,26H,2-3,8-9H2,1H3,(H2,22,23,24,25)/t11-,15+/m1/s1. The lowest BCUT2D eigenvalue weighted by Gasteiger charge is -2.28. The second kappa shape index (κ2) is 8.85. The van der Waals surface area contributed by atoms with Crippen molar-refractivity contribution in [2.24, 2.45) is 5.92 Å². The van der Waals surface area contributed by atoms with Crippen molar-refractivity contribution in [2.45, 2.75) is 26.0 Å². The topological polar surface area (TPSA) is 103 Å². The number of aliphatic hydroxyl groups is 1. The Morgan fingerprint density at radius 1 is 1.48 bits per heavy atom. The molecule has 3 N–H and O–H groups in total. The van der Waals surface area contributed by atoms with E-state index in [9.17, 15) is 10.4 Å². The van der Waals surface area contributed by atoms with Gasteiger partial charge in [-0.25, -0.2) is 4.98 Å². The van der Waals surface area contributed by atoms with Gasteiger partial charge in [0.1, 0.15) is 5.02 Å². The van der Waals surface area contributed by atoms with E-state index in [-0.39, 0.29) is 18.6 Å². The van der Waals surface area contributed by atoms with Crippen LogP contribution in [0.1, 0.15) is 17.5 Å². The van der Waals surface area contributed by atoms with E-state index in [1.165, 1.54) is 6.20 Å². The largest absolute Gasteiger partial charge is 0.392 e. The summed E-state index contributed by atoms with van der Waals surface area (Å²) >= 11 is 9.69. The average molecular weight is 453 g/mol. The molecule has 142 valence electrons. The molecule has 0 spiro atoms. The summed E-state index contributed by atoms with van der Waals surface area (Å²) in [6.45, 7) is 2.86. The molecule has 0 unspecified atom stereocenters. The molecule has 2 aromatic rings. The zero-order valence-electron chi connectivity index (χ0n) is 14.7. The van der Waals surface area contributed by atoms with Crippen molar-refractivity contribution in [2.75, 3.05) is 23.8 Å². The van der Waals surface area contributed by atoms with E-state index in [0.29, 0.717) is 36.4 Å². The van der Waals surface area contributed by atoms with Crippen LogP contribution in [0.4, 0.5) is 17.5 Å². The third-order valence-corrected chi connectivity index (χ3v) is 5.76. The van der Waals surface area contributed by atoms with Gasteiger partial charge in [-0.2, -0.15) is 10.2 Å². The van der Waals surface area contributed by atoms with Crippen LogP contribution in [-0.4, -0.2) is 34.3 Å². The summed E-state index contributed by atoms with van der Waals surface area (Å²) in [5.41, 5.74) is 2.50. The molecule has 0 saturated carbocycles. The lowest BCUT2D eigenvalue weighted by atomic mass is 9.96. The maximum Gasteiger partial charge on any atom is 0.229 e. The Balaban J connectivity index is 1.81. The fourth-order valence-corrected chi connectivity index (χ4v) is 3.40. The van der Waals surface area contributed by atoms with Gasteiger partial charge in [0.25, 0.3) is 0 Å². The summed E-state index contributed by atoms with van der Waals surface area (Å²) in [6, 6.07) is 5.87. The molecule has 1 aromatic carbocycles. The Kier molecular flexibility index (Phi) is 6.50. The van der Waals surface area contributed by atoms with Crippen molar-refractivity contribution < 1.29 is 9.84 Å². The SMILES string of the molecule is Cc1cc(Nc2ncc(Cl)c(N[C@H]3COCC[C@@H]3C#N)n2)cc(CO)c1Br. The Bertz CT molecular complexity index is 874. The molecule has 0 radical (unpaired) electrons. The van der Waals surface area contributed by atoms with Gasteiger partial charge in [0.2, 0.25) is 5.95 Å². The fraction of sp³-hybridized carbons (Fsp3) is 0.389. The van der Waals surface area contributed by atoms with E-state index in [1.807, 2.05) is 19.1 Å². The van der Waals surface area contributed by atoms with Crippen molar-refractivity contribution in [1.29, 1.82) is 5.26 Å². The molecule has 1 fully saturated rings. The van der Waals surface area contributed by atoms with E-state index < -0.39 is 0 Å². The number of aliphatic hydroxyl groups excluding tert-OH is 1. The highest BCUT2D eigenvalue weighted by Gasteiger charge is 2.26. The number of rotatable bonds is 5. The summed E-state index contributed by atoms with van der Waals surface area (Å²) in [7, 11) is 0. The van der Waals surface area contributed by atoms with Crippen molar-refractivity contribution >= 4 is 45.0 Å². The van der Waals surface area contributed by atoms with Gasteiger partial charge < -0.3 is 20.5 Å². The smallest absolute Gasteiger partial charge is 0.229 e. The first-order valence-corrected chi connectivity index (χ1v) is 9.62. The zero-order chi connectivity index (χ0) is 19.4. The monoisotopic (exact) mass is 451 g/mol. The van der Waals surface area contributed by atoms with Crippen LogP contribution in [0, 0.1) is 24.2 Å². The fourth-order valence-electron chi connectivity index (χ4n) is 2.90. The molecule has 7 nitrogen and oxygen atoms in total. The number of benzene rings is 1. The van der Waals surface area contributed by atoms with E-state index >= 15 is 0 Å². The number of hydrogen-bond acceptors (Lipinski definition) is 7. The molecule has 1 saturated heterocycles. The number of ether oxygens (including phenoxy) is 1. The molecule has 3 rings (SSSR count). The summed E-state index contributed by atoms with van der Waals surface area (Å²) in [4.78, 5) is 8.64. The predicted octanol–water partition coefficient (Wildman–Crippen LogP) is 3.78. The quantitative estimate of drug-likeness (QED) is 0.634. The number of aromatic nitrogens is 2. The number of nitriles is 1. The van der Waals surface area contributed by atoms with Gasteiger partial charge in [-0.05, 0) is 36.6 Å². The van der Waals surface area contributed by atoms with Crippen LogP contribution in [0.2, 0.25) is 5.02 Å². The molecule has 1 aliphatic heterocycles. The van der Waals surface area contributed by atoms with Gasteiger partial charge in [-0.1, -0.05) is 27.5 Å². The molecule has 2 atom stereocenters. The molecule has 9 heteroatoms. The third kappa shape index (κ3) is 4.68. The van der Waals surface area contributed by atoms with E-state index in [4.69, 9.17) is 16.3 Å². The highest BCUT2D eigenvalue weighted by molar-refractivity contribution is 9.10. The minimum Gasteiger partial charge on any atom is -0.392 e. The zero-order valence-corrected chi connectivity index (χ0v) is 17.0. The molecule has 0 bridgehead atoms. The van der Waals surface area contributed by atoms with Gasteiger partial charge in [-0.15, -0.1) is 0 Å². The molecule has 1 aliphatic rings. The maximum absolute atomic E-state index is 9.49. The number of hydrogen-bond donors (Lipinski definition) is 3. The lowest BCUT2D eigenvalue weighted by Crippen LogP contribution is -2.38. The molecule has 2 heterocycles. The first-order chi connectivity index (χ1) is 13.0. The highest BCUT2D eigenvalue weighted by Crippen LogP contribution is 2.29. The van der Waals surface area contributed by atoms with Gasteiger partial charge in [0.15, 0.2) is 5.82 Å². The molecule has 27 heavy (non-hydrogen) atoms. The normalized spacial score (nSPS) is 19.4. The van der Waals surface area contributed by atoms with Crippen LogP contribution in [0.3, 0.4) is 0 Å². The van der Waals surface area contributed by atoms with E-state index in [1.54, 1.807) is 0 Å². The molecule has 0 aliphatic carbocycles. The van der Waals surface area contributed by atoms with E-state index in [0.717, 1.165) is 21.3 Å². The van der Waals surface area contributed by atoms with Crippen molar-refractivity contribution in [3.63, 3.8) is 0 Å². The van der Waals surface area contributed by atoms with Crippen molar-refractivity contribution in [3.05, 3.63) is 39.0 Å². The maximum atomic E-state index is 9.49. The average Bonchev–Trinajstić information content (AvgIpc) is 2.67. The van der Waals surface area contributed by atoms with Gasteiger partial charge in [-0.3, -0.25) is 0 Å². The minimum absolute atomic E-state index is 0.0809. The number of nitrogens with one attached hydrogen (secondary N) is 2. The van der Waals surface area contributed by atoms with E-state index in [2.05, 4.69) is 42.6 Å². The Morgan fingerprint density at radius 3 is 3.04 bits per heavy atom. The van der Waals surface area contributed by atoms with Crippen LogP contribution in [0.25, 0.3) is 0 Å². The minimum atomic E-state index is -0.181. The van der Waals surface area contributed by atoms with Crippen LogP contribution >= 0.6 is 27.5 Å². The van der Waals surface area contributed by atoms with Crippen molar-refractivity contribution in [3.8, 4) is 6.07 Å². The molecular formula is C18H19BrClN5O2. The number of halogens is 2. The van der Waals surface area contributed by atoms with Gasteiger partial charge >= 0.3 is 0 Å². The molecule has 1 aromatic heterocycles. The second-order valence-corrected chi connectivity index (χ2v) is 7.49. The Hall–Kier alpha value is -1.92. The number of nitrogens with zero attached hydrogens (tertiary/aromatic N) is 3.